The van der Waals surface area contributed by atoms with E-state index in [-0.39, 0.29) is 35.2 Å². The van der Waals surface area contributed by atoms with Gasteiger partial charge in [-0.3, -0.25) is 20.3 Å². The molecule has 2 N–H and O–H groups in total. The zero-order valence-corrected chi connectivity index (χ0v) is 20.3. The van der Waals surface area contributed by atoms with Crippen LogP contribution in [0.4, 0.5) is 11.4 Å². The van der Waals surface area contributed by atoms with E-state index in [9.17, 15) is 15.1 Å². The number of carbonyl (C=O) groups is 1. The molecular weight excluding hydrogens is 477 g/mol. The molecule has 2 aliphatic heterocycles. The lowest BCUT2D eigenvalue weighted by molar-refractivity contribution is -0.268. The molecule has 0 unspecified atom stereocenters. The Hall–Kier alpha value is -2.49. The van der Waals surface area contributed by atoms with Gasteiger partial charge in [0.15, 0.2) is 0 Å². The number of halogens is 2. The highest BCUT2D eigenvalue weighted by Crippen LogP contribution is 2.27. The average Bonchev–Trinajstić information content (AvgIpc) is 3.24. The third-order valence-corrected chi connectivity index (χ3v) is 6.90. The summed E-state index contributed by atoms with van der Waals surface area (Å²) in [7, 11) is 0. The van der Waals surface area contributed by atoms with Crippen LogP contribution in [-0.2, 0) is 4.79 Å². The Bertz CT molecular complexity index is 1030. The molecule has 2 saturated heterocycles. The van der Waals surface area contributed by atoms with Crippen LogP contribution < -0.4 is 15.4 Å². The number of benzene rings is 2. The maximum atomic E-state index is 13.0. The van der Waals surface area contributed by atoms with Crippen molar-refractivity contribution in [2.75, 3.05) is 56.1 Å². The molecule has 1 amide bonds. The molecule has 0 aliphatic carbocycles. The Kier molecular flexibility index (Phi) is 7.85. The van der Waals surface area contributed by atoms with Crippen LogP contribution >= 0.6 is 23.2 Å². The van der Waals surface area contributed by atoms with E-state index >= 15 is 0 Å². The molecule has 34 heavy (non-hydrogen) atoms. The van der Waals surface area contributed by atoms with Gasteiger partial charge in [-0.25, -0.2) is 0 Å². The van der Waals surface area contributed by atoms with Gasteiger partial charge in [0.05, 0.1) is 18.3 Å². The van der Waals surface area contributed by atoms with Crippen molar-refractivity contribution < 1.29 is 15.1 Å². The van der Waals surface area contributed by atoms with Crippen molar-refractivity contribution in [2.24, 2.45) is 5.92 Å². The molecule has 2 heterocycles. The minimum absolute atomic E-state index is 0.0424. The Labute approximate surface area is 209 Å². The molecule has 2 fully saturated rings. The lowest BCUT2D eigenvalue weighted by atomic mass is 10.1. The van der Waals surface area contributed by atoms with Gasteiger partial charge in [0.25, 0.3) is 0 Å². The van der Waals surface area contributed by atoms with Crippen LogP contribution in [0.15, 0.2) is 55.1 Å². The molecule has 10 heteroatoms. The van der Waals surface area contributed by atoms with E-state index < -0.39 is 0 Å². The number of rotatable bonds is 7. The summed E-state index contributed by atoms with van der Waals surface area (Å²) in [4.78, 5) is 19.1. The van der Waals surface area contributed by atoms with Crippen molar-refractivity contribution in [1.29, 1.82) is 0 Å². The number of nitrogens with one attached hydrogen (secondary N) is 1. The van der Waals surface area contributed by atoms with Crippen LogP contribution in [0.2, 0.25) is 10.0 Å². The largest absolute Gasteiger partial charge is 0.871 e. The first-order chi connectivity index (χ1) is 16.3. The van der Waals surface area contributed by atoms with E-state index in [0.29, 0.717) is 36.9 Å². The number of hydrazine groups is 1. The SMILES string of the molecule is C=C[C@H]1CN(CC(=O)N2CCN(c3cccc(Cl)c3)CC2)C[C@@H]1N(O)Nc1ccc([O-])c(Cl)c1. The predicted octanol–water partition coefficient (Wildman–Crippen LogP) is 2.92. The molecule has 182 valence electrons. The fourth-order valence-corrected chi connectivity index (χ4v) is 4.84. The third kappa shape index (κ3) is 5.76. The third-order valence-electron chi connectivity index (χ3n) is 6.37. The van der Waals surface area contributed by atoms with Crippen LogP contribution in [0.25, 0.3) is 0 Å². The molecule has 0 spiro atoms. The van der Waals surface area contributed by atoms with Crippen molar-refractivity contribution in [2.45, 2.75) is 6.04 Å². The normalized spacial score (nSPS) is 21.2. The fourth-order valence-electron chi connectivity index (χ4n) is 4.48. The van der Waals surface area contributed by atoms with Crippen LogP contribution in [0.3, 0.4) is 0 Å². The van der Waals surface area contributed by atoms with Crippen molar-refractivity contribution in [3.05, 3.63) is 65.2 Å². The maximum Gasteiger partial charge on any atom is 0.236 e. The van der Waals surface area contributed by atoms with Crippen LogP contribution in [0, 0.1) is 5.92 Å². The van der Waals surface area contributed by atoms with Gasteiger partial charge in [0, 0.05) is 60.9 Å². The Balaban J connectivity index is 1.29. The van der Waals surface area contributed by atoms with Crippen molar-refractivity contribution in [3.8, 4) is 5.75 Å². The van der Waals surface area contributed by atoms with E-state index in [1.165, 1.54) is 12.1 Å². The van der Waals surface area contributed by atoms with E-state index in [4.69, 9.17) is 23.2 Å². The Morgan fingerprint density at radius 3 is 2.62 bits per heavy atom. The standard InChI is InChI=1S/C24H29Cl2N5O3/c1-2-17-14-28(15-22(17)31(34)27-19-6-7-23(32)21(26)13-19)16-24(33)30-10-8-29(9-11-30)20-5-3-4-18(25)12-20/h2-7,12-13,17,22,27,32,34H,1,8-11,14-16H2/p-1/t17-,22-/m0/s1. The smallest absolute Gasteiger partial charge is 0.236 e. The first-order valence-corrected chi connectivity index (χ1v) is 11.9. The lowest BCUT2D eigenvalue weighted by Crippen LogP contribution is -2.51. The molecule has 2 aliphatic rings. The number of anilines is 2. The highest BCUT2D eigenvalue weighted by atomic mass is 35.5. The minimum atomic E-state index is -0.310. The molecule has 0 saturated carbocycles. The number of amides is 1. The topological polar surface area (TPSA) is 85.4 Å². The lowest BCUT2D eigenvalue weighted by Gasteiger charge is -2.36. The molecule has 4 rings (SSSR count). The summed E-state index contributed by atoms with van der Waals surface area (Å²) in [5.41, 5.74) is 4.43. The first kappa shape index (κ1) is 24.6. The van der Waals surface area contributed by atoms with Gasteiger partial charge < -0.3 is 14.9 Å². The molecule has 2 aromatic carbocycles. The Morgan fingerprint density at radius 2 is 1.94 bits per heavy atom. The Morgan fingerprint density at radius 1 is 1.18 bits per heavy atom. The van der Waals surface area contributed by atoms with Crippen molar-refractivity contribution >= 4 is 40.5 Å². The van der Waals surface area contributed by atoms with Gasteiger partial charge in [0.1, 0.15) is 0 Å². The zero-order valence-electron chi connectivity index (χ0n) is 18.7. The van der Waals surface area contributed by atoms with Crippen LogP contribution in [0.5, 0.6) is 5.75 Å². The number of nitrogens with zero attached hydrogens (tertiary/aromatic N) is 4. The predicted molar refractivity (Wildman–Crippen MR) is 132 cm³/mol. The van der Waals surface area contributed by atoms with Gasteiger partial charge in [-0.05, 0) is 30.3 Å². The quantitative estimate of drug-likeness (QED) is 0.442. The molecule has 0 aromatic heterocycles. The average molecular weight is 505 g/mol. The molecule has 2 aromatic rings. The minimum Gasteiger partial charge on any atom is -0.871 e. The zero-order chi connectivity index (χ0) is 24.2. The van der Waals surface area contributed by atoms with E-state index in [2.05, 4.69) is 16.9 Å². The van der Waals surface area contributed by atoms with Gasteiger partial charge in [-0.2, -0.15) is 0 Å². The number of hydrogen-bond acceptors (Lipinski definition) is 7. The van der Waals surface area contributed by atoms with Crippen molar-refractivity contribution in [1.82, 2.24) is 15.0 Å². The number of piperazine rings is 1. The highest BCUT2D eigenvalue weighted by molar-refractivity contribution is 6.32. The number of carbonyl (C=O) groups excluding carboxylic acids is 1. The highest BCUT2D eigenvalue weighted by Gasteiger charge is 2.36. The summed E-state index contributed by atoms with van der Waals surface area (Å²) in [5, 5.41) is 23.9. The monoisotopic (exact) mass is 504 g/mol. The second kappa shape index (κ2) is 10.8. The van der Waals surface area contributed by atoms with Gasteiger partial charge >= 0.3 is 0 Å². The number of hydrogen-bond donors (Lipinski definition) is 2. The first-order valence-electron chi connectivity index (χ1n) is 11.2. The van der Waals surface area contributed by atoms with Crippen LogP contribution in [-0.4, -0.2) is 77.9 Å². The number of likely N-dealkylation sites (tertiary alicyclic amines) is 1. The summed E-state index contributed by atoms with van der Waals surface area (Å²) in [5.74, 6) is -0.247. The van der Waals surface area contributed by atoms with E-state index in [1.54, 1.807) is 12.1 Å². The summed E-state index contributed by atoms with van der Waals surface area (Å²) < 4.78 is 0. The molecule has 2 atom stereocenters. The summed E-state index contributed by atoms with van der Waals surface area (Å²) in [6.07, 6.45) is 1.79. The summed E-state index contributed by atoms with van der Waals surface area (Å²) >= 11 is 12.0. The van der Waals surface area contributed by atoms with Crippen LogP contribution in [0.1, 0.15) is 0 Å². The second-order valence-electron chi connectivity index (χ2n) is 8.61. The second-order valence-corrected chi connectivity index (χ2v) is 9.45. The molecule has 0 radical (unpaired) electrons. The van der Waals surface area contributed by atoms with Gasteiger partial charge in [-0.15, -0.1) is 6.58 Å². The van der Waals surface area contributed by atoms with Gasteiger partial charge in [-0.1, -0.05) is 52.3 Å². The van der Waals surface area contributed by atoms with E-state index in [1.807, 2.05) is 34.1 Å². The van der Waals surface area contributed by atoms with E-state index in [0.717, 1.165) is 23.9 Å². The fraction of sp³-hybridized carbons (Fsp3) is 0.375. The molecule has 0 bridgehead atoms. The molecular formula is C24H28Cl2N5O3-. The van der Waals surface area contributed by atoms with Crippen molar-refractivity contribution in [3.63, 3.8) is 0 Å². The molecule has 8 nitrogen and oxygen atoms in total. The maximum absolute atomic E-state index is 13.0. The summed E-state index contributed by atoms with van der Waals surface area (Å²) in [6.45, 7) is 8.08. The van der Waals surface area contributed by atoms with Gasteiger partial charge in [0.2, 0.25) is 5.91 Å². The number of hydroxylamine groups is 1. The summed E-state index contributed by atoms with van der Waals surface area (Å²) in [6, 6.07) is 11.8.